The summed E-state index contributed by atoms with van der Waals surface area (Å²) in [5.74, 6) is 0.418. The standard InChI is InChI=1S/C10H13N3O2S/c11-9(16)8-10(13-4-3-12-8)15-7-1-5-14-6-2-7/h3-4,7H,1-2,5-6H2,(H2,11,16). The molecule has 6 heteroatoms. The normalized spacial score (nSPS) is 17.0. The van der Waals surface area contributed by atoms with Crippen LogP contribution in [0.3, 0.4) is 0 Å². The third kappa shape index (κ3) is 2.65. The minimum atomic E-state index is 0.110. The number of nitrogens with two attached hydrogens (primary N) is 1. The highest BCUT2D eigenvalue weighted by Crippen LogP contribution is 2.18. The van der Waals surface area contributed by atoms with E-state index in [1.165, 1.54) is 0 Å². The van der Waals surface area contributed by atoms with Crippen LogP contribution in [0.4, 0.5) is 0 Å². The van der Waals surface area contributed by atoms with Gasteiger partial charge in [0.1, 0.15) is 11.1 Å². The Bertz CT molecular complexity index is 380. The Labute approximate surface area is 99.0 Å². The van der Waals surface area contributed by atoms with Crippen molar-refractivity contribution in [3.05, 3.63) is 18.1 Å². The molecule has 2 heterocycles. The average Bonchev–Trinajstić information content (AvgIpc) is 2.31. The second-order valence-electron chi connectivity index (χ2n) is 3.50. The van der Waals surface area contributed by atoms with Crippen LogP contribution < -0.4 is 10.5 Å². The number of rotatable bonds is 3. The van der Waals surface area contributed by atoms with Gasteiger partial charge in [-0.2, -0.15) is 0 Å². The van der Waals surface area contributed by atoms with E-state index >= 15 is 0 Å². The maximum atomic E-state index is 5.73. The Hall–Kier alpha value is -1.27. The van der Waals surface area contributed by atoms with E-state index in [-0.39, 0.29) is 11.1 Å². The number of aromatic nitrogens is 2. The summed E-state index contributed by atoms with van der Waals surface area (Å²) in [4.78, 5) is 8.36. The highest BCUT2D eigenvalue weighted by molar-refractivity contribution is 7.80. The summed E-state index contributed by atoms with van der Waals surface area (Å²) in [6.45, 7) is 1.43. The first-order valence-corrected chi connectivity index (χ1v) is 5.53. The Morgan fingerprint density at radius 2 is 2.06 bits per heavy atom. The van der Waals surface area contributed by atoms with Crippen LogP contribution in [0.2, 0.25) is 0 Å². The zero-order valence-corrected chi connectivity index (χ0v) is 9.57. The molecule has 1 saturated heterocycles. The van der Waals surface area contributed by atoms with Crippen LogP contribution in [0.25, 0.3) is 0 Å². The van der Waals surface area contributed by atoms with Crippen LogP contribution in [0.1, 0.15) is 18.5 Å². The predicted molar refractivity (Wildman–Crippen MR) is 62.4 cm³/mol. The van der Waals surface area contributed by atoms with Crippen molar-refractivity contribution in [1.29, 1.82) is 0 Å². The van der Waals surface area contributed by atoms with Crippen molar-refractivity contribution >= 4 is 17.2 Å². The van der Waals surface area contributed by atoms with Gasteiger partial charge >= 0.3 is 0 Å². The predicted octanol–water partition coefficient (Wildman–Crippen LogP) is 0.669. The van der Waals surface area contributed by atoms with Gasteiger partial charge in [0.25, 0.3) is 0 Å². The lowest BCUT2D eigenvalue weighted by molar-refractivity contribution is 0.0235. The van der Waals surface area contributed by atoms with Crippen LogP contribution in [0.5, 0.6) is 5.88 Å². The second kappa shape index (κ2) is 5.18. The van der Waals surface area contributed by atoms with Gasteiger partial charge in [-0.3, -0.25) is 0 Å². The molecule has 0 spiro atoms. The number of nitrogens with zero attached hydrogens (tertiary/aromatic N) is 2. The second-order valence-corrected chi connectivity index (χ2v) is 3.94. The van der Waals surface area contributed by atoms with Gasteiger partial charge in [0.05, 0.1) is 13.2 Å². The Morgan fingerprint density at radius 3 is 2.75 bits per heavy atom. The van der Waals surface area contributed by atoms with E-state index in [0.717, 1.165) is 12.8 Å². The summed E-state index contributed by atoms with van der Waals surface area (Å²) in [5.41, 5.74) is 5.99. The molecule has 2 rings (SSSR count). The SMILES string of the molecule is NC(=S)c1nccnc1OC1CCOCC1. The number of ether oxygens (including phenoxy) is 2. The molecule has 86 valence electrons. The maximum Gasteiger partial charge on any atom is 0.243 e. The molecule has 0 bridgehead atoms. The molecule has 1 aromatic rings. The van der Waals surface area contributed by atoms with Gasteiger partial charge in [0.2, 0.25) is 5.88 Å². The summed E-state index contributed by atoms with van der Waals surface area (Å²) in [6.07, 6.45) is 4.93. The molecular weight excluding hydrogens is 226 g/mol. The number of hydrogen-bond acceptors (Lipinski definition) is 5. The maximum absolute atomic E-state index is 5.73. The van der Waals surface area contributed by atoms with Crippen LogP contribution in [0.15, 0.2) is 12.4 Å². The topological polar surface area (TPSA) is 70.3 Å². The van der Waals surface area contributed by atoms with Crippen molar-refractivity contribution in [2.24, 2.45) is 5.73 Å². The lowest BCUT2D eigenvalue weighted by atomic mass is 10.1. The van der Waals surface area contributed by atoms with Crippen LogP contribution in [-0.2, 0) is 4.74 Å². The minimum absolute atomic E-state index is 0.110. The van der Waals surface area contributed by atoms with Gasteiger partial charge in [-0.25, -0.2) is 9.97 Å². The summed E-state index contributed by atoms with van der Waals surface area (Å²) in [5, 5.41) is 0. The lowest BCUT2D eigenvalue weighted by Crippen LogP contribution is -2.27. The molecule has 1 aromatic heterocycles. The molecule has 0 radical (unpaired) electrons. The molecule has 0 amide bonds. The smallest absolute Gasteiger partial charge is 0.243 e. The molecule has 5 nitrogen and oxygen atoms in total. The third-order valence-electron chi connectivity index (χ3n) is 2.34. The quantitative estimate of drug-likeness (QED) is 0.782. The molecule has 16 heavy (non-hydrogen) atoms. The lowest BCUT2D eigenvalue weighted by Gasteiger charge is -2.23. The van der Waals surface area contributed by atoms with E-state index in [1.807, 2.05) is 0 Å². The van der Waals surface area contributed by atoms with Gasteiger partial charge in [0, 0.05) is 25.2 Å². The minimum Gasteiger partial charge on any atom is -0.473 e. The van der Waals surface area contributed by atoms with Crippen molar-refractivity contribution < 1.29 is 9.47 Å². The van der Waals surface area contributed by atoms with Crippen molar-refractivity contribution in [1.82, 2.24) is 9.97 Å². The van der Waals surface area contributed by atoms with Gasteiger partial charge in [-0.05, 0) is 0 Å². The first kappa shape index (κ1) is 11.2. The zero-order chi connectivity index (χ0) is 11.4. The van der Waals surface area contributed by atoms with Crippen LogP contribution >= 0.6 is 12.2 Å². The molecule has 2 N–H and O–H groups in total. The average molecular weight is 239 g/mol. The zero-order valence-electron chi connectivity index (χ0n) is 8.76. The summed E-state index contributed by atoms with van der Waals surface area (Å²) in [7, 11) is 0. The Balaban J connectivity index is 2.10. The van der Waals surface area contributed by atoms with Crippen molar-refractivity contribution in [2.45, 2.75) is 18.9 Å². The van der Waals surface area contributed by atoms with Crippen molar-refractivity contribution in [3.8, 4) is 5.88 Å². The van der Waals surface area contributed by atoms with Gasteiger partial charge in [-0.15, -0.1) is 0 Å². The summed E-state index contributed by atoms with van der Waals surface area (Å²) in [6, 6.07) is 0. The van der Waals surface area contributed by atoms with E-state index in [9.17, 15) is 0 Å². The van der Waals surface area contributed by atoms with E-state index in [2.05, 4.69) is 9.97 Å². The third-order valence-corrected chi connectivity index (χ3v) is 2.54. The Morgan fingerprint density at radius 1 is 1.38 bits per heavy atom. The van der Waals surface area contributed by atoms with E-state index < -0.39 is 0 Å². The molecule has 1 aliphatic heterocycles. The summed E-state index contributed by atoms with van der Waals surface area (Å²) >= 11 is 4.89. The molecule has 0 aliphatic carbocycles. The molecule has 0 saturated carbocycles. The number of hydrogen-bond donors (Lipinski definition) is 1. The fourth-order valence-electron chi connectivity index (χ4n) is 1.53. The van der Waals surface area contributed by atoms with Gasteiger partial charge < -0.3 is 15.2 Å². The molecule has 1 fully saturated rings. The first-order chi connectivity index (χ1) is 7.77. The molecule has 0 atom stereocenters. The van der Waals surface area contributed by atoms with E-state index in [4.69, 9.17) is 27.4 Å². The summed E-state index contributed by atoms with van der Waals surface area (Å²) < 4.78 is 11.0. The molecule has 1 aliphatic rings. The van der Waals surface area contributed by atoms with Crippen molar-refractivity contribution in [3.63, 3.8) is 0 Å². The Kier molecular flexibility index (Phi) is 3.63. The highest BCUT2D eigenvalue weighted by Gasteiger charge is 2.18. The van der Waals surface area contributed by atoms with Crippen molar-refractivity contribution in [2.75, 3.05) is 13.2 Å². The van der Waals surface area contributed by atoms with Gasteiger partial charge in [-0.1, -0.05) is 12.2 Å². The van der Waals surface area contributed by atoms with E-state index in [1.54, 1.807) is 12.4 Å². The monoisotopic (exact) mass is 239 g/mol. The van der Waals surface area contributed by atoms with Crippen LogP contribution in [0, 0.1) is 0 Å². The highest BCUT2D eigenvalue weighted by atomic mass is 32.1. The van der Waals surface area contributed by atoms with Crippen LogP contribution in [-0.4, -0.2) is 34.3 Å². The fraction of sp³-hybridized carbons (Fsp3) is 0.500. The molecule has 0 aromatic carbocycles. The van der Waals surface area contributed by atoms with E-state index in [0.29, 0.717) is 24.8 Å². The molecular formula is C10H13N3O2S. The largest absolute Gasteiger partial charge is 0.473 e. The molecule has 0 unspecified atom stereocenters. The fourth-order valence-corrected chi connectivity index (χ4v) is 1.67. The van der Waals surface area contributed by atoms with Gasteiger partial charge in [0.15, 0.2) is 5.69 Å². The number of thiocarbonyl (C=S) groups is 1. The first-order valence-electron chi connectivity index (χ1n) is 5.12.